The first kappa shape index (κ1) is 14.7. The molecule has 1 fully saturated rings. The van der Waals surface area contributed by atoms with Crippen molar-refractivity contribution in [3.05, 3.63) is 23.8 Å². The molecule has 2 atom stereocenters. The normalized spacial score (nSPS) is 23.2. The van der Waals surface area contributed by atoms with Gasteiger partial charge in [0.2, 0.25) is 11.2 Å². The van der Waals surface area contributed by atoms with Gasteiger partial charge < -0.3 is 0 Å². The Morgan fingerprint density at radius 2 is 1.95 bits per heavy atom. The largest absolute Gasteiger partial charge is 0.286 e. The predicted molar refractivity (Wildman–Crippen MR) is 86.5 cm³/mol. The number of hydrogen-bond donors (Lipinski definition) is 0. The van der Waals surface area contributed by atoms with Gasteiger partial charge >= 0.3 is 0 Å². The van der Waals surface area contributed by atoms with Gasteiger partial charge in [0.1, 0.15) is 0 Å². The van der Waals surface area contributed by atoms with Gasteiger partial charge in [0.05, 0.1) is 0 Å². The quantitative estimate of drug-likeness (QED) is 0.447. The highest BCUT2D eigenvalue weighted by Crippen LogP contribution is 2.39. The lowest BCUT2D eigenvalue weighted by atomic mass is 9.76. The van der Waals surface area contributed by atoms with E-state index in [0.717, 1.165) is 28.9 Å². The first-order valence-electron chi connectivity index (χ1n) is 8.71. The number of benzene rings is 1. The molecule has 0 saturated heterocycles. The molecule has 1 aliphatic rings. The van der Waals surface area contributed by atoms with E-state index in [1.165, 1.54) is 56.9 Å². The van der Waals surface area contributed by atoms with Gasteiger partial charge in [0.25, 0.3) is 0 Å². The van der Waals surface area contributed by atoms with Crippen molar-refractivity contribution in [3.63, 3.8) is 0 Å². The van der Waals surface area contributed by atoms with E-state index >= 15 is 0 Å². The van der Waals surface area contributed by atoms with Gasteiger partial charge in [0.15, 0.2) is 0 Å². The van der Waals surface area contributed by atoms with Crippen LogP contribution in [0.4, 0.5) is 0 Å². The van der Waals surface area contributed by atoms with Gasteiger partial charge in [-0.3, -0.25) is 9.15 Å². The highest BCUT2D eigenvalue weighted by atomic mass is 17.0. The van der Waals surface area contributed by atoms with Gasteiger partial charge in [-0.1, -0.05) is 58.4 Å². The van der Waals surface area contributed by atoms with E-state index in [1.54, 1.807) is 0 Å². The Morgan fingerprint density at radius 3 is 2.67 bits per heavy atom. The Balaban J connectivity index is 1.51. The molecule has 3 rings (SSSR count). The van der Waals surface area contributed by atoms with Gasteiger partial charge in [0, 0.05) is 0 Å². The summed E-state index contributed by atoms with van der Waals surface area (Å²) < 4.78 is 9.96. The van der Waals surface area contributed by atoms with E-state index in [-0.39, 0.29) is 0 Å². The molecule has 0 spiro atoms. The number of rotatable bonds is 6. The second-order valence-corrected chi connectivity index (χ2v) is 7.28. The minimum atomic E-state index is 0.725. The molecule has 1 saturated carbocycles. The topological polar surface area (TPSA) is 26.3 Å². The van der Waals surface area contributed by atoms with Crippen molar-refractivity contribution < 1.29 is 9.15 Å². The van der Waals surface area contributed by atoms with E-state index < -0.39 is 0 Å². The highest BCUT2D eigenvalue weighted by molar-refractivity contribution is 5.71. The van der Waals surface area contributed by atoms with E-state index in [9.17, 15) is 0 Å². The summed E-state index contributed by atoms with van der Waals surface area (Å²) >= 11 is 0. The van der Waals surface area contributed by atoms with E-state index in [2.05, 4.69) is 32.0 Å². The van der Waals surface area contributed by atoms with Crippen molar-refractivity contribution in [1.29, 1.82) is 0 Å². The fourth-order valence-corrected chi connectivity index (χ4v) is 3.81. The zero-order chi connectivity index (χ0) is 14.7. The SMILES string of the molecule is CC(C)CCCCC1CCC[C@H](c2ccc3ooc3c2)C1. The number of hydrogen-bond acceptors (Lipinski definition) is 2. The summed E-state index contributed by atoms with van der Waals surface area (Å²) in [6.45, 7) is 4.65. The molecule has 0 radical (unpaired) electrons. The molecule has 1 aromatic carbocycles. The molecule has 1 unspecified atom stereocenters. The molecule has 0 N–H and O–H groups in total. The van der Waals surface area contributed by atoms with Crippen molar-refractivity contribution in [3.8, 4) is 0 Å². The van der Waals surface area contributed by atoms with Crippen LogP contribution in [0.15, 0.2) is 27.4 Å². The average molecular weight is 288 g/mol. The van der Waals surface area contributed by atoms with Crippen LogP contribution in [0.25, 0.3) is 11.2 Å². The Hall–Kier alpha value is -1.18. The first-order chi connectivity index (χ1) is 10.2. The minimum absolute atomic E-state index is 0.725. The Bertz CT molecular complexity index is 549. The molecular formula is C19H28O2. The predicted octanol–water partition coefficient (Wildman–Crippen LogP) is 6.52. The third-order valence-electron chi connectivity index (χ3n) is 5.09. The summed E-state index contributed by atoms with van der Waals surface area (Å²) in [5, 5.41) is 0. The van der Waals surface area contributed by atoms with Crippen molar-refractivity contribution in [2.75, 3.05) is 0 Å². The van der Waals surface area contributed by atoms with Crippen LogP contribution in [-0.2, 0) is 0 Å². The summed E-state index contributed by atoms with van der Waals surface area (Å²) in [5.74, 6) is 2.51. The molecule has 2 aromatic rings. The summed E-state index contributed by atoms with van der Waals surface area (Å²) in [5.41, 5.74) is 3.26. The smallest absolute Gasteiger partial charge is 0.225 e. The summed E-state index contributed by atoms with van der Waals surface area (Å²) in [7, 11) is 0. The Morgan fingerprint density at radius 1 is 1.10 bits per heavy atom. The number of fused-ring (bicyclic) bond motifs is 1. The van der Waals surface area contributed by atoms with E-state index in [4.69, 9.17) is 9.15 Å². The van der Waals surface area contributed by atoms with Gasteiger partial charge in [-0.25, -0.2) is 0 Å². The van der Waals surface area contributed by atoms with Crippen molar-refractivity contribution >= 4 is 11.2 Å². The first-order valence-corrected chi connectivity index (χ1v) is 8.71. The van der Waals surface area contributed by atoms with Crippen LogP contribution in [0.3, 0.4) is 0 Å². The zero-order valence-electron chi connectivity index (χ0n) is 13.4. The molecule has 1 aromatic heterocycles. The Labute approximate surface area is 127 Å². The van der Waals surface area contributed by atoms with Crippen molar-refractivity contribution in [2.45, 2.75) is 71.1 Å². The maximum Gasteiger partial charge on any atom is 0.225 e. The van der Waals surface area contributed by atoms with Crippen molar-refractivity contribution in [1.82, 2.24) is 0 Å². The standard InChI is InChI=1S/C19H28O2/c1-14(2)6-3-4-7-15-8-5-9-16(12-15)17-10-11-18-19(13-17)21-20-18/h10-11,13-16H,3-9,12H2,1-2H3/t15?,16-/m0/s1. The molecule has 0 amide bonds. The molecule has 116 valence electrons. The van der Waals surface area contributed by atoms with Gasteiger partial charge in [-0.15, -0.1) is 0 Å². The molecule has 1 heterocycles. The molecule has 21 heavy (non-hydrogen) atoms. The molecule has 2 heteroatoms. The second-order valence-electron chi connectivity index (χ2n) is 7.28. The Kier molecular flexibility index (Phi) is 4.72. The fourth-order valence-electron chi connectivity index (χ4n) is 3.81. The van der Waals surface area contributed by atoms with Crippen LogP contribution < -0.4 is 0 Å². The van der Waals surface area contributed by atoms with Crippen LogP contribution in [-0.4, -0.2) is 0 Å². The monoisotopic (exact) mass is 288 g/mol. The van der Waals surface area contributed by atoms with Gasteiger partial charge in [-0.2, -0.15) is 0 Å². The average Bonchev–Trinajstić information content (AvgIpc) is 2.45. The van der Waals surface area contributed by atoms with Crippen LogP contribution >= 0.6 is 0 Å². The fraction of sp³-hybridized carbons (Fsp3) is 0.684. The number of unbranched alkanes of at least 4 members (excludes halogenated alkanes) is 1. The maximum atomic E-state index is 5.04. The van der Waals surface area contributed by atoms with Crippen LogP contribution in [0.2, 0.25) is 0 Å². The summed E-state index contributed by atoms with van der Waals surface area (Å²) in [6, 6.07) is 6.47. The lowest BCUT2D eigenvalue weighted by Crippen LogP contribution is -2.14. The minimum Gasteiger partial charge on any atom is -0.286 e. The van der Waals surface area contributed by atoms with E-state index in [0.29, 0.717) is 0 Å². The third kappa shape index (κ3) is 3.72. The van der Waals surface area contributed by atoms with Crippen LogP contribution in [0, 0.1) is 11.8 Å². The third-order valence-corrected chi connectivity index (χ3v) is 5.09. The summed E-state index contributed by atoms with van der Waals surface area (Å²) in [4.78, 5) is 0. The van der Waals surface area contributed by atoms with Crippen LogP contribution in [0.5, 0.6) is 0 Å². The molecule has 1 aliphatic carbocycles. The van der Waals surface area contributed by atoms with Crippen molar-refractivity contribution in [2.24, 2.45) is 11.8 Å². The van der Waals surface area contributed by atoms with Gasteiger partial charge in [-0.05, 0) is 48.3 Å². The molecule has 2 nitrogen and oxygen atoms in total. The second kappa shape index (κ2) is 6.72. The lowest BCUT2D eigenvalue weighted by Gasteiger charge is -2.29. The highest BCUT2D eigenvalue weighted by Gasteiger charge is 2.23. The molecule has 0 bridgehead atoms. The molecular weight excluding hydrogens is 260 g/mol. The van der Waals surface area contributed by atoms with Crippen LogP contribution in [0.1, 0.15) is 76.7 Å². The maximum absolute atomic E-state index is 5.04. The van der Waals surface area contributed by atoms with E-state index in [1.807, 2.05) is 0 Å². The molecule has 0 aliphatic heterocycles. The summed E-state index contributed by atoms with van der Waals surface area (Å²) in [6.07, 6.45) is 11.1. The lowest BCUT2D eigenvalue weighted by molar-refractivity contribution is 0.0587. The zero-order valence-corrected chi connectivity index (χ0v) is 13.4.